The topological polar surface area (TPSA) is 45.2 Å². The van der Waals surface area contributed by atoms with E-state index < -0.39 is 0 Å². The average molecular weight is 297 g/mol. The molecule has 0 atom stereocenters. The van der Waals surface area contributed by atoms with E-state index in [1.807, 2.05) is 48.3 Å². The number of aromatic nitrogens is 1. The smallest absolute Gasteiger partial charge is 0.269 e. The molecular formula is C18H23N3O. The number of amides is 1. The Morgan fingerprint density at radius 2 is 1.86 bits per heavy atom. The predicted octanol–water partition coefficient (Wildman–Crippen LogP) is 3.63. The fourth-order valence-corrected chi connectivity index (χ4v) is 2.08. The molecule has 2 aromatic rings. The van der Waals surface area contributed by atoms with Crippen molar-refractivity contribution < 1.29 is 4.79 Å². The third-order valence-electron chi connectivity index (χ3n) is 3.52. The van der Waals surface area contributed by atoms with Crippen LogP contribution < -0.4 is 10.2 Å². The number of nitrogens with zero attached hydrogens (tertiary/aromatic N) is 2. The van der Waals surface area contributed by atoms with Crippen molar-refractivity contribution in [2.75, 3.05) is 18.5 Å². The fraction of sp³-hybridized carbons (Fsp3) is 0.333. The standard InChI is InChI=1S/C18H23N3O/c1-14(2)11-12-19-18(22)17-10-9-16(13-20-17)21(3)15-7-5-4-6-8-15/h4-10,13-14H,11-12H2,1-3H3,(H,19,22). The van der Waals surface area contributed by atoms with E-state index in [4.69, 9.17) is 0 Å². The lowest BCUT2D eigenvalue weighted by molar-refractivity contribution is 0.0947. The second-order valence-corrected chi connectivity index (χ2v) is 5.73. The molecule has 4 nitrogen and oxygen atoms in total. The number of rotatable bonds is 6. The molecular weight excluding hydrogens is 274 g/mol. The van der Waals surface area contributed by atoms with Crippen molar-refractivity contribution in [1.29, 1.82) is 0 Å². The summed E-state index contributed by atoms with van der Waals surface area (Å²) in [7, 11) is 1.98. The third kappa shape index (κ3) is 4.32. The molecule has 22 heavy (non-hydrogen) atoms. The minimum atomic E-state index is -0.116. The van der Waals surface area contributed by atoms with Crippen LogP contribution in [-0.4, -0.2) is 24.5 Å². The summed E-state index contributed by atoms with van der Waals surface area (Å²) < 4.78 is 0. The van der Waals surface area contributed by atoms with Gasteiger partial charge in [-0.05, 0) is 36.6 Å². The molecule has 0 aliphatic heterocycles. The number of benzene rings is 1. The maximum absolute atomic E-state index is 12.0. The number of carbonyl (C=O) groups excluding carboxylic acids is 1. The van der Waals surface area contributed by atoms with E-state index in [2.05, 4.69) is 24.1 Å². The second kappa shape index (κ2) is 7.59. The van der Waals surface area contributed by atoms with E-state index >= 15 is 0 Å². The molecule has 1 amide bonds. The minimum absolute atomic E-state index is 0.116. The van der Waals surface area contributed by atoms with Crippen LogP contribution in [0.25, 0.3) is 0 Å². The molecule has 0 aliphatic rings. The zero-order valence-electron chi connectivity index (χ0n) is 13.4. The normalized spacial score (nSPS) is 10.5. The molecule has 1 heterocycles. The van der Waals surface area contributed by atoms with Gasteiger partial charge in [-0.15, -0.1) is 0 Å². The number of pyridine rings is 1. The maximum atomic E-state index is 12.0. The van der Waals surface area contributed by atoms with Gasteiger partial charge < -0.3 is 10.2 Å². The van der Waals surface area contributed by atoms with Gasteiger partial charge in [0, 0.05) is 19.3 Å². The van der Waals surface area contributed by atoms with E-state index in [9.17, 15) is 4.79 Å². The lowest BCUT2D eigenvalue weighted by Gasteiger charge is -2.19. The molecule has 0 saturated carbocycles. The number of hydrogen-bond acceptors (Lipinski definition) is 3. The summed E-state index contributed by atoms with van der Waals surface area (Å²) >= 11 is 0. The van der Waals surface area contributed by atoms with Gasteiger partial charge in [-0.3, -0.25) is 4.79 Å². The van der Waals surface area contributed by atoms with Crippen LogP contribution in [0.1, 0.15) is 30.8 Å². The van der Waals surface area contributed by atoms with Crippen molar-refractivity contribution in [1.82, 2.24) is 10.3 Å². The van der Waals surface area contributed by atoms with Crippen LogP contribution in [0, 0.1) is 5.92 Å². The van der Waals surface area contributed by atoms with Crippen molar-refractivity contribution in [3.05, 3.63) is 54.4 Å². The van der Waals surface area contributed by atoms with Gasteiger partial charge in [-0.2, -0.15) is 0 Å². The molecule has 2 rings (SSSR count). The van der Waals surface area contributed by atoms with Crippen LogP contribution in [0.5, 0.6) is 0 Å². The lowest BCUT2D eigenvalue weighted by Crippen LogP contribution is -2.26. The van der Waals surface area contributed by atoms with E-state index in [-0.39, 0.29) is 5.91 Å². The number of nitrogens with one attached hydrogen (secondary N) is 1. The van der Waals surface area contributed by atoms with Crippen molar-refractivity contribution in [3.63, 3.8) is 0 Å². The Kier molecular flexibility index (Phi) is 5.53. The van der Waals surface area contributed by atoms with Crippen LogP contribution in [-0.2, 0) is 0 Å². The molecule has 0 aliphatic carbocycles. The molecule has 0 spiro atoms. The van der Waals surface area contributed by atoms with Crippen LogP contribution in [0.4, 0.5) is 11.4 Å². The number of para-hydroxylation sites is 1. The summed E-state index contributed by atoms with van der Waals surface area (Å²) in [5, 5.41) is 2.90. The Balaban J connectivity index is 1.99. The van der Waals surface area contributed by atoms with Gasteiger partial charge in [-0.25, -0.2) is 4.98 Å². The SMILES string of the molecule is CC(C)CCNC(=O)c1ccc(N(C)c2ccccc2)cn1. The Hall–Kier alpha value is -2.36. The van der Waals surface area contributed by atoms with Gasteiger partial charge in [0.15, 0.2) is 0 Å². The minimum Gasteiger partial charge on any atom is -0.351 e. The Bertz CT molecular complexity index is 593. The Morgan fingerprint density at radius 3 is 2.45 bits per heavy atom. The number of hydrogen-bond donors (Lipinski definition) is 1. The molecule has 0 fully saturated rings. The van der Waals surface area contributed by atoms with Crippen LogP contribution >= 0.6 is 0 Å². The Morgan fingerprint density at radius 1 is 1.14 bits per heavy atom. The number of carbonyl (C=O) groups is 1. The van der Waals surface area contributed by atoms with E-state index in [1.165, 1.54) is 0 Å². The highest BCUT2D eigenvalue weighted by Crippen LogP contribution is 2.22. The Labute approximate surface area is 132 Å². The quantitative estimate of drug-likeness (QED) is 0.885. The van der Waals surface area contributed by atoms with Gasteiger partial charge >= 0.3 is 0 Å². The molecule has 0 radical (unpaired) electrons. The van der Waals surface area contributed by atoms with Crippen LogP contribution in [0.15, 0.2) is 48.7 Å². The summed E-state index contributed by atoms with van der Waals surface area (Å²) in [5.74, 6) is 0.463. The fourth-order valence-electron chi connectivity index (χ4n) is 2.08. The largest absolute Gasteiger partial charge is 0.351 e. The summed E-state index contributed by atoms with van der Waals surface area (Å²) in [5.41, 5.74) is 2.48. The zero-order chi connectivity index (χ0) is 15.9. The van der Waals surface area contributed by atoms with Crippen LogP contribution in [0.2, 0.25) is 0 Å². The van der Waals surface area contributed by atoms with Crippen molar-refractivity contribution in [2.24, 2.45) is 5.92 Å². The first-order valence-electron chi connectivity index (χ1n) is 7.61. The summed E-state index contributed by atoms with van der Waals surface area (Å²) in [6, 6.07) is 13.7. The lowest BCUT2D eigenvalue weighted by atomic mass is 10.1. The summed E-state index contributed by atoms with van der Waals surface area (Å²) in [6.07, 6.45) is 2.70. The van der Waals surface area contributed by atoms with Gasteiger partial charge in [0.25, 0.3) is 5.91 Å². The molecule has 116 valence electrons. The highest BCUT2D eigenvalue weighted by molar-refractivity contribution is 5.92. The molecule has 0 unspecified atom stereocenters. The molecule has 4 heteroatoms. The summed E-state index contributed by atoms with van der Waals surface area (Å²) in [6.45, 7) is 4.96. The molecule has 0 saturated heterocycles. The molecule has 1 aromatic carbocycles. The maximum Gasteiger partial charge on any atom is 0.269 e. The summed E-state index contributed by atoms with van der Waals surface area (Å²) in [4.78, 5) is 18.3. The first-order valence-corrected chi connectivity index (χ1v) is 7.61. The highest BCUT2D eigenvalue weighted by Gasteiger charge is 2.09. The molecule has 0 bridgehead atoms. The van der Waals surface area contributed by atoms with E-state index in [1.54, 1.807) is 12.3 Å². The third-order valence-corrected chi connectivity index (χ3v) is 3.52. The second-order valence-electron chi connectivity index (χ2n) is 5.73. The van der Waals surface area contributed by atoms with E-state index in [0.717, 1.165) is 17.8 Å². The average Bonchev–Trinajstić information content (AvgIpc) is 2.54. The van der Waals surface area contributed by atoms with Crippen molar-refractivity contribution in [2.45, 2.75) is 20.3 Å². The van der Waals surface area contributed by atoms with Gasteiger partial charge in [0.2, 0.25) is 0 Å². The number of anilines is 2. The van der Waals surface area contributed by atoms with Crippen molar-refractivity contribution >= 4 is 17.3 Å². The predicted molar refractivity (Wildman–Crippen MR) is 90.5 cm³/mol. The zero-order valence-corrected chi connectivity index (χ0v) is 13.4. The first-order chi connectivity index (χ1) is 10.6. The van der Waals surface area contributed by atoms with Crippen molar-refractivity contribution in [3.8, 4) is 0 Å². The molecule has 1 N–H and O–H groups in total. The van der Waals surface area contributed by atoms with Crippen LogP contribution in [0.3, 0.4) is 0 Å². The van der Waals surface area contributed by atoms with Gasteiger partial charge in [0.1, 0.15) is 5.69 Å². The monoisotopic (exact) mass is 297 g/mol. The van der Waals surface area contributed by atoms with Gasteiger partial charge in [-0.1, -0.05) is 32.0 Å². The highest BCUT2D eigenvalue weighted by atomic mass is 16.1. The first kappa shape index (κ1) is 16.0. The van der Waals surface area contributed by atoms with E-state index in [0.29, 0.717) is 18.2 Å². The molecule has 1 aromatic heterocycles. The van der Waals surface area contributed by atoms with Gasteiger partial charge in [0.05, 0.1) is 11.9 Å².